The summed E-state index contributed by atoms with van der Waals surface area (Å²) in [6.45, 7) is 10.8. The Hall–Kier alpha value is -2.40. The van der Waals surface area contributed by atoms with Crippen LogP contribution in [0.3, 0.4) is 0 Å². The molecular formula is C20H26N4O. The molecule has 3 rings (SSSR count). The maximum Gasteiger partial charge on any atom is 0.272 e. The zero-order valence-electron chi connectivity index (χ0n) is 15.2. The molecule has 0 atom stereocenters. The molecule has 1 aliphatic heterocycles. The minimum absolute atomic E-state index is 0.0142. The molecule has 1 N–H and O–H groups in total. The molecule has 0 radical (unpaired) electrons. The standard InChI is InChI=1S/C20H26N4O/c1-4-23-10-12-24(13-11-23)20(25)19-14-17(8-9-21-19)22-18-7-5-6-15(2)16(18)3/h5-9,14H,4,10-13H2,1-3H3,(H,21,22). The highest BCUT2D eigenvalue weighted by atomic mass is 16.2. The second-order valence-electron chi connectivity index (χ2n) is 6.53. The highest BCUT2D eigenvalue weighted by Gasteiger charge is 2.22. The molecule has 1 aromatic carbocycles. The number of carbonyl (C=O) groups excluding carboxylic acids is 1. The van der Waals surface area contributed by atoms with E-state index in [9.17, 15) is 4.79 Å². The van der Waals surface area contributed by atoms with E-state index < -0.39 is 0 Å². The highest BCUT2D eigenvalue weighted by molar-refractivity contribution is 5.93. The number of nitrogens with zero attached hydrogens (tertiary/aromatic N) is 3. The molecule has 0 unspecified atom stereocenters. The Morgan fingerprint density at radius 3 is 2.64 bits per heavy atom. The number of rotatable bonds is 4. The van der Waals surface area contributed by atoms with Crippen molar-refractivity contribution in [2.75, 3.05) is 38.0 Å². The molecule has 1 aliphatic rings. The fourth-order valence-corrected chi connectivity index (χ4v) is 3.10. The van der Waals surface area contributed by atoms with Crippen LogP contribution in [0.4, 0.5) is 11.4 Å². The molecule has 25 heavy (non-hydrogen) atoms. The minimum Gasteiger partial charge on any atom is -0.355 e. The first-order chi connectivity index (χ1) is 12.1. The third-order valence-corrected chi connectivity index (χ3v) is 4.97. The molecule has 132 valence electrons. The number of anilines is 2. The molecule has 2 heterocycles. The molecule has 0 spiro atoms. The van der Waals surface area contributed by atoms with Crippen molar-refractivity contribution >= 4 is 17.3 Å². The first-order valence-electron chi connectivity index (χ1n) is 8.89. The average molecular weight is 338 g/mol. The van der Waals surface area contributed by atoms with E-state index in [0.717, 1.165) is 44.1 Å². The van der Waals surface area contributed by atoms with Gasteiger partial charge in [-0.25, -0.2) is 0 Å². The predicted molar refractivity (Wildman–Crippen MR) is 101 cm³/mol. The van der Waals surface area contributed by atoms with Crippen LogP contribution in [0.1, 0.15) is 28.5 Å². The minimum atomic E-state index is 0.0142. The van der Waals surface area contributed by atoms with Crippen molar-refractivity contribution in [3.8, 4) is 0 Å². The SMILES string of the molecule is CCN1CCN(C(=O)c2cc(Nc3cccc(C)c3C)ccn2)CC1. The maximum atomic E-state index is 12.7. The van der Waals surface area contributed by atoms with Gasteiger partial charge in [-0.1, -0.05) is 19.1 Å². The lowest BCUT2D eigenvalue weighted by atomic mass is 10.1. The number of carbonyl (C=O) groups is 1. The Labute approximate surface area is 149 Å². The molecule has 1 amide bonds. The Morgan fingerprint density at radius 1 is 1.16 bits per heavy atom. The number of aromatic nitrogens is 1. The van der Waals surface area contributed by atoms with Gasteiger partial charge < -0.3 is 15.1 Å². The topological polar surface area (TPSA) is 48.5 Å². The van der Waals surface area contributed by atoms with Crippen molar-refractivity contribution in [3.05, 3.63) is 53.3 Å². The lowest BCUT2D eigenvalue weighted by Gasteiger charge is -2.33. The summed E-state index contributed by atoms with van der Waals surface area (Å²) >= 11 is 0. The molecule has 5 nitrogen and oxygen atoms in total. The van der Waals surface area contributed by atoms with Gasteiger partial charge >= 0.3 is 0 Å². The van der Waals surface area contributed by atoms with Crippen molar-refractivity contribution < 1.29 is 4.79 Å². The molecular weight excluding hydrogens is 312 g/mol. The molecule has 1 saturated heterocycles. The summed E-state index contributed by atoms with van der Waals surface area (Å²) in [5.41, 5.74) is 4.90. The van der Waals surface area contributed by atoms with Crippen molar-refractivity contribution in [3.63, 3.8) is 0 Å². The second-order valence-corrected chi connectivity index (χ2v) is 6.53. The summed E-state index contributed by atoms with van der Waals surface area (Å²) in [6.07, 6.45) is 1.70. The maximum absolute atomic E-state index is 12.7. The lowest BCUT2D eigenvalue weighted by Crippen LogP contribution is -2.48. The number of amides is 1. The van der Waals surface area contributed by atoms with E-state index in [4.69, 9.17) is 0 Å². The highest BCUT2D eigenvalue weighted by Crippen LogP contribution is 2.23. The number of nitrogens with one attached hydrogen (secondary N) is 1. The smallest absolute Gasteiger partial charge is 0.272 e. The van der Waals surface area contributed by atoms with Crippen molar-refractivity contribution in [1.82, 2.24) is 14.8 Å². The largest absolute Gasteiger partial charge is 0.355 e. The first-order valence-corrected chi connectivity index (χ1v) is 8.89. The van der Waals surface area contributed by atoms with Gasteiger partial charge in [0.2, 0.25) is 0 Å². The predicted octanol–water partition coefficient (Wildman–Crippen LogP) is 3.22. The van der Waals surface area contributed by atoms with Crippen molar-refractivity contribution in [1.29, 1.82) is 0 Å². The van der Waals surface area contributed by atoms with E-state index in [2.05, 4.69) is 42.0 Å². The molecule has 0 bridgehead atoms. The first kappa shape index (κ1) is 17.4. The monoisotopic (exact) mass is 338 g/mol. The number of pyridine rings is 1. The van der Waals surface area contributed by atoms with Gasteiger partial charge in [-0.3, -0.25) is 9.78 Å². The van der Waals surface area contributed by atoms with E-state index >= 15 is 0 Å². The quantitative estimate of drug-likeness (QED) is 0.930. The van der Waals surface area contributed by atoms with E-state index in [1.807, 2.05) is 29.2 Å². The van der Waals surface area contributed by atoms with Crippen LogP contribution < -0.4 is 5.32 Å². The van der Waals surface area contributed by atoms with Crippen LogP contribution in [0, 0.1) is 13.8 Å². The number of benzene rings is 1. The number of hydrogen-bond donors (Lipinski definition) is 1. The Kier molecular flexibility index (Phi) is 5.34. The van der Waals surface area contributed by atoms with Gasteiger partial charge in [-0.2, -0.15) is 0 Å². The molecule has 1 fully saturated rings. The Bertz CT molecular complexity index is 751. The van der Waals surface area contributed by atoms with Crippen LogP contribution in [0.15, 0.2) is 36.5 Å². The van der Waals surface area contributed by atoms with Crippen LogP contribution in [-0.2, 0) is 0 Å². The summed E-state index contributed by atoms with van der Waals surface area (Å²) in [5.74, 6) is 0.0142. The number of hydrogen-bond acceptors (Lipinski definition) is 4. The van der Waals surface area contributed by atoms with Gasteiger partial charge in [0.25, 0.3) is 5.91 Å². The summed E-state index contributed by atoms with van der Waals surface area (Å²) in [7, 11) is 0. The van der Waals surface area contributed by atoms with Crippen LogP contribution in [0.25, 0.3) is 0 Å². The molecule has 0 aliphatic carbocycles. The van der Waals surface area contributed by atoms with Crippen molar-refractivity contribution in [2.45, 2.75) is 20.8 Å². The average Bonchev–Trinajstić information content (AvgIpc) is 2.65. The van der Waals surface area contributed by atoms with Crippen LogP contribution >= 0.6 is 0 Å². The zero-order chi connectivity index (χ0) is 17.8. The van der Waals surface area contributed by atoms with Crippen molar-refractivity contribution in [2.24, 2.45) is 0 Å². The van der Waals surface area contributed by atoms with Crippen LogP contribution in [-0.4, -0.2) is 53.4 Å². The number of piperazine rings is 1. The third kappa shape index (κ3) is 3.99. The Balaban J connectivity index is 1.73. The fraction of sp³-hybridized carbons (Fsp3) is 0.400. The Morgan fingerprint density at radius 2 is 1.92 bits per heavy atom. The second kappa shape index (κ2) is 7.66. The zero-order valence-corrected chi connectivity index (χ0v) is 15.2. The molecule has 1 aromatic heterocycles. The fourth-order valence-electron chi connectivity index (χ4n) is 3.10. The molecule has 2 aromatic rings. The van der Waals surface area contributed by atoms with Gasteiger partial charge in [-0.15, -0.1) is 0 Å². The van der Waals surface area contributed by atoms with Gasteiger partial charge in [0.05, 0.1) is 0 Å². The lowest BCUT2D eigenvalue weighted by molar-refractivity contribution is 0.0637. The summed E-state index contributed by atoms with van der Waals surface area (Å²) in [5, 5.41) is 3.41. The van der Waals surface area contributed by atoms with Crippen LogP contribution in [0.5, 0.6) is 0 Å². The third-order valence-electron chi connectivity index (χ3n) is 4.97. The van der Waals surface area contributed by atoms with Crippen LogP contribution in [0.2, 0.25) is 0 Å². The van der Waals surface area contributed by atoms with E-state index in [-0.39, 0.29) is 5.91 Å². The summed E-state index contributed by atoms with van der Waals surface area (Å²) < 4.78 is 0. The molecule has 0 saturated carbocycles. The van der Waals surface area contributed by atoms with E-state index in [0.29, 0.717) is 5.69 Å². The van der Waals surface area contributed by atoms with E-state index in [1.54, 1.807) is 6.20 Å². The summed E-state index contributed by atoms with van der Waals surface area (Å²) in [6, 6.07) is 9.92. The van der Waals surface area contributed by atoms with Gasteiger partial charge in [0.15, 0.2) is 0 Å². The summed E-state index contributed by atoms with van der Waals surface area (Å²) in [4.78, 5) is 21.3. The van der Waals surface area contributed by atoms with Gasteiger partial charge in [0.1, 0.15) is 5.69 Å². The van der Waals surface area contributed by atoms with Gasteiger partial charge in [0, 0.05) is 43.8 Å². The van der Waals surface area contributed by atoms with Gasteiger partial charge in [-0.05, 0) is 49.7 Å². The normalized spacial score (nSPS) is 15.2. The van der Waals surface area contributed by atoms with E-state index in [1.165, 1.54) is 11.1 Å². The number of likely N-dealkylation sites (N-methyl/N-ethyl adjacent to an activating group) is 1. The number of aryl methyl sites for hydroxylation is 1. The molecule has 5 heteroatoms.